The predicted molar refractivity (Wildman–Crippen MR) is 112 cm³/mol. The van der Waals surface area contributed by atoms with Gasteiger partial charge in [0, 0.05) is 38.7 Å². The number of benzene rings is 1. The lowest BCUT2D eigenvalue weighted by Crippen LogP contribution is -2.47. The van der Waals surface area contributed by atoms with E-state index in [1.807, 2.05) is 0 Å². The average Bonchev–Trinajstić information content (AvgIpc) is 2.77. The number of likely N-dealkylation sites (tertiary alicyclic amines) is 1. The summed E-state index contributed by atoms with van der Waals surface area (Å²) in [5.41, 5.74) is 0.345. The lowest BCUT2D eigenvalue weighted by Gasteiger charge is -2.32. The zero-order chi connectivity index (χ0) is 22.8. The third-order valence-electron chi connectivity index (χ3n) is 5.15. The summed E-state index contributed by atoms with van der Waals surface area (Å²) < 4.78 is 17.9. The summed E-state index contributed by atoms with van der Waals surface area (Å²) in [7, 11) is 1.56. The Balaban J connectivity index is 1.70. The first kappa shape index (κ1) is 24.3. The molecule has 1 heterocycles. The average molecular weight is 435 g/mol. The number of nitrogens with zero attached hydrogens (tertiary/aromatic N) is 2. The topological polar surface area (TPSA) is 96.0 Å². The second kappa shape index (κ2) is 12.0. The van der Waals surface area contributed by atoms with Gasteiger partial charge in [0.2, 0.25) is 11.8 Å². The van der Waals surface area contributed by atoms with Crippen molar-refractivity contribution in [2.45, 2.75) is 32.6 Å². The van der Waals surface area contributed by atoms with E-state index < -0.39 is 5.82 Å². The molecular formula is C22H30FN3O5. The van der Waals surface area contributed by atoms with Gasteiger partial charge in [-0.1, -0.05) is 0 Å². The maximum absolute atomic E-state index is 12.9. The van der Waals surface area contributed by atoms with Gasteiger partial charge >= 0.3 is 5.97 Å². The zero-order valence-corrected chi connectivity index (χ0v) is 18.1. The molecule has 1 atom stereocenters. The number of amides is 3. The first-order valence-corrected chi connectivity index (χ1v) is 10.5. The number of hydrogen-bond acceptors (Lipinski definition) is 5. The molecule has 170 valence electrons. The van der Waals surface area contributed by atoms with Crippen molar-refractivity contribution in [1.29, 1.82) is 0 Å². The minimum Gasteiger partial charge on any atom is -0.466 e. The van der Waals surface area contributed by atoms with Crippen LogP contribution in [0.15, 0.2) is 24.3 Å². The quantitative estimate of drug-likeness (QED) is 0.470. The summed E-state index contributed by atoms with van der Waals surface area (Å²) in [6.07, 6.45) is 2.01. The minimum atomic E-state index is -0.416. The highest BCUT2D eigenvalue weighted by atomic mass is 19.1. The highest BCUT2D eigenvalue weighted by Gasteiger charge is 2.30. The van der Waals surface area contributed by atoms with Crippen molar-refractivity contribution < 1.29 is 28.3 Å². The van der Waals surface area contributed by atoms with Crippen molar-refractivity contribution in [3.63, 3.8) is 0 Å². The normalized spacial score (nSPS) is 15.8. The lowest BCUT2D eigenvalue weighted by molar-refractivity contribution is -0.152. The molecule has 1 aliphatic rings. The molecule has 1 unspecified atom stereocenters. The monoisotopic (exact) mass is 435 g/mol. The Hall–Kier alpha value is -2.97. The molecule has 9 heteroatoms. The summed E-state index contributed by atoms with van der Waals surface area (Å²) in [5, 5.41) is 2.68. The van der Waals surface area contributed by atoms with Crippen LogP contribution in [0, 0.1) is 11.7 Å². The number of rotatable bonds is 9. The molecule has 1 aromatic carbocycles. The predicted octanol–water partition coefficient (Wildman–Crippen LogP) is 1.60. The van der Waals surface area contributed by atoms with E-state index in [2.05, 4.69) is 5.32 Å². The van der Waals surface area contributed by atoms with Crippen LogP contribution < -0.4 is 5.32 Å². The van der Waals surface area contributed by atoms with Gasteiger partial charge in [0.15, 0.2) is 0 Å². The molecule has 0 radical (unpaired) electrons. The van der Waals surface area contributed by atoms with E-state index in [9.17, 15) is 23.6 Å². The van der Waals surface area contributed by atoms with Gasteiger partial charge in [-0.05, 0) is 50.5 Å². The first-order chi connectivity index (χ1) is 14.8. The van der Waals surface area contributed by atoms with Crippen molar-refractivity contribution in [2.75, 3.05) is 39.8 Å². The number of carbonyl (C=O) groups is 4. The molecule has 1 fully saturated rings. The molecule has 0 spiro atoms. The first-order valence-electron chi connectivity index (χ1n) is 10.5. The van der Waals surface area contributed by atoms with Crippen LogP contribution in [0.5, 0.6) is 0 Å². The molecule has 1 N–H and O–H groups in total. The number of nitrogens with one attached hydrogen (secondary N) is 1. The van der Waals surface area contributed by atoms with Crippen molar-refractivity contribution in [3.8, 4) is 0 Å². The van der Waals surface area contributed by atoms with Gasteiger partial charge < -0.3 is 19.9 Å². The number of hydrogen-bond donors (Lipinski definition) is 1. The number of piperidine rings is 1. The van der Waals surface area contributed by atoms with E-state index in [0.717, 1.165) is 6.42 Å². The number of esters is 1. The summed E-state index contributed by atoms with van der Waals surface area (Å²) >= 11 is 0. The Kier molecular flexibility index (Phi) is 9.42. The standard InChI is InChI=1S/C22H30FN3O5/c1-3-31-22(30)17-6-5-13-26(14-17)20(28)15-25(2)19(27)7-4-12-24-21(29)16-8-10-18(23)11-9-16/h8-11,17H,3-7,12-15H2,1-2H3,(H,24,29). The van der Waals surface area contributed by atoms with Crippen LogP contribution in [-0.2, 0) is 19.1 Å². The van der Waals surface area contributed by atoms with Gasteiger partial charge in [0.1, 0.15) is 5.82 Å². The maximum Gasteiger partial charge on any atom is 0.310 e. The molecule has 0 bridgehead atoms. The van der Waals surface area contributed by atoms with Gasteiger partial charge in [0.25, 0.3) is 5.91 Å². The fourth-order valence-electron chi connectivity index (χ4n) is 3.38. The van der Waals surface area contributed by atoms with Crippen LogP contribution in [0.4, 0.5) is 4.39 Å². The molecule has 2 rings (SSSR count). The van der Waals surface area contributed by atoms with E-state index >= 15 is 0 Å². The summed E-state index contributed by atoms with van der Waals surface area (Å²) in [4.78, 5) is 51.7. The molecular weight excluding hydrogens is 405 g/mol. The molecule has 3 amide bonds. The molecule has 0 aromatic heterocycles. The van der Waals surface area contributed by atoms with E-state index in [1.54, 1.807) is 18.9 Å². The van der Waals surface area contributed by atoms with Gasteiger partial charge in [-0.3, -0.25) is 19.2 Å². The molecule has 0 aliphatic carbocycles. The molecule has 0 saturated carbocycles. The van der Waals surface area contributed by atoms with Crippen molar-refractivity contribution in [1.82, 2.24) is 15.1 Å². The van der Waals surface area contributed by atoms with E-state index in [0.29, 0.717) is 38.1 Å². The molecule has 31 heavy (non-hydrogen) atoms. The number of ether oxygens (including phenoxy) is 1. The Morgan fingerprint density at radius 1 is 1.23 bits per heavy atom. The maximum atomic E-state index is 12.9. The SMILES string of the molecule is CCOC(=O)C1CCCN(C(=O)CN(C)C(=O)CCCNC(=O)c2ccc(F)cc2)C1. The van der Waals surface area contributed by atoms with E-state index in [4.69, 9.17) is 4.74 Å². The number of carbonyl (C=O) groups excluding carboxylic acids is 4. The van der Waals surface area contributed by atoms with Crippen LogP contribution in [0.2, 0.25) is 0 Å². The molecule has 8 nitrogen and oxygen atoms in total. The van der Waals surface area contributed by atoms with Crippen LogP contribution in [0.1, 0.15) is 43.0 Å². The van der Waals surface area contributed by atoms with Gasteiger partial charge in [0.05, 0.1) is 19.1 Å². The van der Waals surface area contributed by atoms with Crippen LogP contribution in [0.3, 0.4) is 0 Å². The zero-order valence-electron chi connectivity index (χ0n) is 18.1. The highest BCUT2D eigenvalue weighted by molar-refractivity contribution is 5.94. The fourth-order valence-corrected chi connectivity index (χ4v) is 3.38. The van der Waals surface area contributed by atoms with Crippen LogP contribution in [0.25, 0.3) is 0 Å². The second-order valence-corrected chi connectivity index (χ2v) is 7.55. The Labute approximate surface area is 181 Å². The fraction of sp³-hybridized carbons (Fsp3) is 0.545. The number of likely N-dealkylation sites (N-methyl/N-ethyl adjacent to an activating group) is 1. The van der Waals surface area contributed by atoms with Crippen LogP contribution in [-0.4, -0.2) is 73.3 Å². The van der Waals surface area contributed by atoms with Crippen molar-refractivity contribution >= 4 is 23.7 Å². The van der Waals surface area contributed by atoms with E-state index in [1.165, 1.54) is 29.2 Å². The number of halogens is 1. The van der Waals surface area contributed by atoms with Crippen molar-refractivity contribution in [2.24, 2.45) is 5.92 Å². The van der Waals surface area contributed by atoms with E-state index in [-0.39, 0.29) is 49.1 Å². The van der Waals surface area contributed by atoms with Crippen LogP contribution >= 0.6 is 0 Å². The molecule has 1 aromatic rings. The summed E-state index contributed by atoms with van der Waals surface area (Å²) in [6, 6.07) is 5.20. The minimum absolute atomic E-state index is 0.0592. The second-order valence-electron chi connectivity index (χ2n) is 7.55. The summed E-state index contributed by atoms with van der Waals surface area (Å²) in [5.74, 6) is -1.76. The largest absolute Gasteiger partial charge is 0.466 e. The van der Waals surface area contributed by atoms with Gasteiger partial charge in [-0.2, -0.15) is 0 Å². The summed E-state index contributed by atoms with van der Waals surface area (Å²) in [6.45, 7) is 3.16. The van der Waals surface area contributed by atoms with Gasteiger partial charge in [-0.15, -0.1) is 0 Å². The molecule has 1 saturated heterocycles. The van der Waals surface area contributed by atoms with Crippen molar-refractivity contribution in [3.05, 3.63) is 35.6 Å². The molecule has 1 aliphatic heterocycles. The third-order valence-corrected chi connectivity index (χ3v) is 5.15. The third kappa shape index (κ3) is 7.66. The smallest absolute Gasteiger partial charge is 0.310 e. The Morgan fingerprint density at radius 3 is 2.61 bits per heavy atom. The van der Waals surface area contributed by atoms with Gasteiger partial charge in [-0.25, -0.2) is 4.39 Å². The Bertz CT molecular complexity index is 784. The Morgan fingerprint density at radius 2 is 1.94 bits per heavy atom. The highest BCUT2D eigenvalue weighted by Crippen LogP contribution is 2.18. The lowest BCUT2D eigenvalue weighted by atomic mass is 9.98.